The van der Waals surface area contributed by atoms with E-state index in [-0.39, 0.29) is 18.3 Å². The lowest BCUT2D eigenvalue weighted by molar-refractivity contribution is -0.131. The average Bonchev–Trinajstić information content (AvgIpc) is 2.42. The Balaban J connectivity index is 0.00000324. The fraction of sp³-hybridized carbons (Fsp3) is 0.533. The molecule has 0 aliphatic rings. The number of carbonyl (C=O) groups excluding carboxylic acids is 1. The summed E-state index contributed by atoms with van der Waals surface area (Å²) in [6.07, 6.45) is 2.44. The van der Waals surface area contributed by atoms with Gasteiger partial charge in [0.25, 0.3) is 0 Å². The maximum atomic E-state index is 12.2. The molecule has 3 N–H and O–H groups in total. The van der Waals surface area contributed by atoms with Crippen molar-refractivity contribution in [2.45, 2.75) is 33.1 Å². The van der Waals surface area contributed by atoms with Gasteiger partial charge in [-0.25, -0.2) is 0 Å². The van der Waals surface area contributed by atoms with Gasteiger partial charge in [0.2, 0.25) is 5.91 Å². The Kier molecular flexibility index (Phi) is 8.44. The van der Waals surface area contributed by atoms with Gasteiger partial charge in [0.1, 0.15) is 0 Å². The van der Waals surface area contributed by atoms with Crippen molar-refractivity contribution in [3.05, 3.63) is 35.9 Å². The first kappa shape index (κ1) is 17.9. The third kappa shape index (κ3) is 4.84. The Morgan fingerprint density at radius 3 is 2.26 bits per heavy atom. The summed E-state index contributed by atoms with van der Waals surface area (Å²) in [6, 6.07) is 10.2. The van der Waals surface area contributed by atoms with E-state index in [1.807, 2.05) is 32.0 Å². The number of carbonyl (C=O) groups is 1. The molecule has 0 aromatic heterocycles. The molecule has 1 aromatic carbocycles. The number of benzene rings is 1. The number of amides is 1. The zero-order valence-electron chi connectivity index (χ0n) is 11.8. The molecular weight excluding hydrogens is 260 g/mol. The van der Waals surface area contributed by atoms with Gasteiger partial charge >= 0.3 is 0 Å². The number of nitrogens with one attached hydrogen (secondary N) is 1. The van der Waals surface area contributed by atoms with Crippen molar-refractivity contribution >= 4 is 18.3 Å². The van der Waals surface area contributed by atoms with E-state index in [2.05, 4.69) is 17.4 Å². The van der Waals surface area contributed by atoms with Gasteiger partial charge in [-0.15, -0.1) is 12.4 Å². The van der Waals surface area contributed by atoms with Crippen molar-refractivity contribution < 1.29 is 4.79 Å². The van der Waals surface area contributed by atoms with Gasteiger partial charge in [-0.1, -0.05) is 44.2 Å². The van der Waals surface area contributed by atoms with Crippen LogP contribution in [0.3, 0.4) is 0 Å². The van der Waals surface area contributed by atoms with Crippen molar-refractivity contribution in [1.29, 1.82) is 0 Å². The summed E-state index contributed by atoms with van der Waals surface area (Å²) in [5, 5.41) is 3.01. The lowest BCUT2D eigenvalue weighted by atomic mass is 9.81. The summed E-state index contributed by atoms with van der Waals surface area (Å²) in [5.41, 5.74) is 6.60. The average molecular weight is 285 g/mol. The lowest BCUT2D eigenvalue weighted by Crippen LogP contribution is -2.45. The monoisotopic (exact) mass is 284 g/mol. The minimum atomic E-state index is -0.392. The molecule has 1 amide bonds. The van der Waals surface area contributed by atoms with E-state index in [4.69, 9.17) is 5.73 Å². The normalized spacial score (nSPS) is 10.7. The van der Waals surface area contributed by atoms with E-state index < -0.39 is 5.41 Å². The van der Waals surface area contributed by atoms with E-state index >= 15 is 0 Å². The van der Waals surface area contributed by atoms with Gasteiger partial charge in [-0.3, -0.25) is 4.79 Å². The summed E-state index contributed by atoms with van der Waals surface area (Å²) >= 11 is 0. The first-order valence-electron chi connectivity index (χ1n) is 6.71. The second-order valence-electron chi connectivity index (χ2n) is 4.68. The fourth-order valence-corrected chi connectivity index (χ4v) is 2.11. The van der Waals surface area contributed by atoms with Crippen LogP contribution >= 0.6 is 12.4 Å². The van der Waals surface area contributed by atoms with Crippen LogP contribution in [-0.4, -0.2) is 19.0 Å². The van der Waals surface area contributed by atoms with Crippen molar-refractivity contribution in [2.75, 3.05) is 13.1 Å². The number of nitrogens with two attached hydrogens (primary N) is 1. The highest BCUT2D eigenvalue weighted by atomic mass is 35.5. The van der Waals surface area contributed by atoms with Gasteiger partial charge in [0.15, 0.2) is 0 Å². The van der Waals surface area contributed by atoms with Gasteiger partial charge in [-0.05, 0) is 24.8 Å². The maximum Gasteiger partial charge on any atom is 0.227 e. The molecule has 3 nitrogen and oxygen atoms in total. The predicted octanol–water partition coefficient (Wildman–Crippen LogP) is 2.53. The van der Waals surface area contributed by atoms with Crippen molar-refractivity contribution in [2.24, 2.45) is 11.1 Å². The predicted molar refractivity (Wildman–Crippen MR) is 82.5 cm³/mol. The van der Waals surface area contributed by atoms with Crippen molar-refractivity contribution in [1.82, 2.24) is 5.32 Å². The zero-order valence-corrected chi connectivity index (χ0v) is 12.6. The SMILES string of the molecule is CCC(CC)(CN)C(=O)NCCc1ccccc1.Cl. The van der Waals surface area contributed by atoms with Crippen LogP contribution in [-0.2, 0) is 11.2 Å². The molecule has 0 radical (unpaired) electrons. The van der Waals surface area contributed by atoms with Crippen LogP contribution in [0.2, 0.25) is 0 Å². The number of halogens is 1. The minimum Gasteiger partial charge on any atom is -0.355 e. The van der Waals surface area contributed by atoms with Gasteiger partial charge in [0.05, 0.1) is 5.41 Å². The molecule has 0 aliphatic carbocycles. The fourth-order valence-electron chi connectivity index (χ4n) is 2.11. The molecule has 0 bridgehead atoms. The molecule has 4 heteroatoms. The summed E-state index contributed by atoms with van der Waals surface area (Å²) < 4.78 is 0. The summed E-state index contributed by atoms with van der Waals surface area (Å²) in [6.45, 7) is 5.13. The van der Waals surface area contributed by atoms with Gasteiger partial charge in [-0.2, -0.15) is 0 Å². The molecule has 0 spiro atoms. The van der Waals surface area contributed by atoms with Crippen LogP contribution in [0.1, 0.15) is 32.3 Å². The maximum absolute atomic E-state index is 12.2. The van der Waals surface area contributed by atoms with Crippen molar-refractivity contribution in [3.63, 3.8) is 0 Å². The Bertz CT molecular complexity index is 355. The smallest absolute Gasteiger partial charge is 0.227 e. The molecule has 0 unspecified atom stereocenters. The molecule has 0 aliphatic heterocycles. The topological polar surface area (TPSA) is 55.1 Å². The summed E-state index contributed by atoms with van der Waals surface area (Å²) in [4.78, 5) is 12.2. The van der Waals surface area contributed by atoms with Gasteiger partial charge < -0.3 is 11.1 Å². The lowest BCUT2D eigenvalue weighted by Gasteiger charge is -2.28. The van der Waals surface area contributed by atoms with E-state index in [1.165, 1.54) is 5.56 Å². The highest BCUT2D eigenvalue weighted by Crippen LogP contribution is 2.24. The Labute approximate surface area is 122 Å². The molecule has 1 aromatic rings. The second kappa shape index (κ2) is 8.94. The molecule has 0 saturated heterocycles. The molecule has 0 fully saturated rings. The Hall–Kier alpha value is -1.06. The molecule has 0 saturated carbocycles. The van der Waals surface area contributed by atoms with Crippen LogP contribution in [0.4, 0.5) is 0 Å². The molecule has 1 rings (SSSR count). The van der Waals surface area contributed by atoms with E-state index in [1.54, 1.807) is 0 Å². The van der Waals surface area contributed by atoms with E-state index in [0.717, 1.165) is 19.3 Å². The van der Waals surface area contributed by atoms with E-state index in [9.17, 15) is 4.79 Å². The van der Waals surface area contributed by atoms with Crippen LogP contribution in [0.25, 0.3) is 0 Å². The minimum absolute atomic E-state index is 0. The number of hydrogen-bond acceptors (Lipinski definition) is 2. The zero-order chi connectivity index (χ0) is 13.4. The molecule has 0 heterocycles. The quantitative estimate of drug-likeness (QED) is 0.808. The van der Waals surface area contributed by atoms with Gasteiger partial charge in [0, 0.05) is 13.1 Å². The van der Waals surface area contributed by atoms with Crippen LogP contribution < -0.4 is 11.1 Å². The molecule has 108 valence electrons. The highest BCUT2D eigenvalue weighted by molar-refractivity contribution is 5.85. The molecule has 19 heavy (non-hydrogen) atoms. The standard InChI is InChI=1S/C15H24N2O.ClH/c1-3-15(4-2,12-16)14(18)17-11-10-13-8-6-5-7-9-13;/h5-9H,3-4,10-12,16H2,1-2H3,(H,17,18);1H. The largest absolute Gasteiger partial charge is 0.355 e. The summed E-state index contributed by atoms with van der Waals surface area (Å²) in [7, 11) is 0. The molecule has 0 atom stereocenters. The Morgan fingerprint density at radius 1 is 1.21 bits per heavy atom. The second-order valence-corrected chi connectivity index (χ2v) is 4.68. The third-order valence-corrected chi connectivity index (χ3v) is 3.77. The molecular formula is C15H25ClN2O. The first-order chi connectivity index (χ1) is 8.68. The Morgan fingerprint density at radius 2 is 1.79 bits per heavy atom. The first-order valence-corrected chi connectivity index (χ1v) is 6.71. The van der Waals surface area contributed by atoms with E-state index in [0.29, 0.717) is 13.1 Å². The highest BCUT2D eigenvalue weighted by Gasteiger charge is 2.32. The number of rotatable bonds is 7. The third-order valence-electron chi connectivity index (χ3n) is 3.77. The summed E-state index contributed by atoms with van der Waals surface area (Å²) in [5.74, 6) is 0.0888. The van der Waals surface area contributed by atoms with Crippen LogP contribution in [0, 0.1) is 5.41 Å². The van der Waals surface area contributed by atoms with Crippen LogP contribution in [0.5, 0.6) is 0 Å². The van der Waals surface area contributed by atoms with Crippen LogP contribution in [0.15, 0.2) is 30.3 Å². The number of hydrogen-bond donors (Lipinski definition) is 2. The van der Waals surface area contributed by atoms with Crippen molar-refractivity contribution in [3.8, 4) is 0 Å².